The van der Waals surface area contributed by atoms with Crippen LogP contribution in [-0.2, 0) is 0 Å². The Bertz CT molecular complexity index is 273. The quantitative estimate of drug-likeness (QED) is 0.546. The van der Waals surface area contributed by atoms with Crippen LogP contribution in [-0.4, -0.2) is 0 Å². The Labute approximate surface area is 77.7 Å². The van der Waals surface area contributed by atoms with Gasteiger partial charge in [0, 0.05) is 11.1 Å². The maximum Gasteiger partial charge on any atom is 0.0434 e. The van der Waals surface area contributed by atoms with Crippen molar-refractivity contribution in [1.29, 1.82) is 0 Å². The molecular formula is C9H13ClN2. The molecule has 0 aromatic heterocycles. The van der Waals surface area contributed by atoms with E-state index in [1.54, 1.807) is 0 Å². The van der Waals surface area contributed by atoms with E-state index in [9.17, 15) is 0 Å². The average molecular weight is 185 g/mol. The fraction of sp³-hybridized carbons (Fsp3) is 0.333. The van der Waals surface area contributed by atoms with Crippen LogP contribution in [0, 0.1) is 6.92 Å². The van der Waals surface area contributed by atoms with Crippen molar-refractivity contribution >= 4 is 11.6 Å². The van der Waals surface area contributed by atoms with Crippen molar-refractivity contribution < 1.29 is 0 Å². The smallest absolute Gasteiger partial charge is 0.0434 e. The summed E-state index contributed by atoms with van der Waals surface area (Å²) in [5, 5.41) is 0.764. The van der Waals surface area contributed by atoms with E-state index in [0.29, 0.717) is 0 Å². The van der Waals surface area contributed by atoms with E-state index in [4.69, 9.17) is 17.4 Å². The van der Waals surface area contributed by atoms with Crippen LogP contribution in [0.2, 0.25) is 5.02 Å². The summed E-state index contributed by atoms with van der Waals surface area (Å²) >= 11 is 5.81. The van der Waals surface area contributed by atoms with Crippen LogP contribution in [0.1, 0.15) is 24.1 Å². The number of nitrogens with one attached hydrogen (secondary N) is 1. The second-order valence-corrected chi connectivity index (χ2v) is 3.33. The zero-order chi connectivity index (χ0) is 9.14. The first-order valence-corrected chi connectivity index (χ1v) is 4.25. The van der Waals surface area contributed by atoms with E-state index in [2.05, 4.69) is 5.43 Å². The molecule has 1 atom stereocenters. The van der Waals surface area contributed by atoms with Gasteiger partial charge >= 0.3 is 0 Å². The topological polar surface area (TPSA) is 38.0 Å². The monoisotopic (exact) mass is 184 g/mol. The summed E-state index contributed by atoms with van der Waals surface area (Å²) in [6.45, 7) is 4.03. The number of hydrogen-bond donors (Lipinski definition) is 2. The SMILES string of the molecule is Cc1cc(Cl)ccc1C(C)NN. The molecule has 0 radical (unpaired) electrons. The fourth-order valence-electron chi connectivity index (χ4n) is 1.21. The minimum Gasteiger partial charge on any atom is -0.271 e. The van der Waals surface area contributed by atoms with Crippen molar-refractivity contribution in [3.05, 3.63) is 34.3 Å². The molecule has 0 spiro atoms. The second-order valence-electron chi connectivity index (χ2n) is 2.89. The van der Waals surface area contributed by atoms with Gasteiger partial charge < -0.3 is 0 Å². The molecule has 0 saturated heterocycles. The van der Waals surface area contributed by atoms with Crippen molar-refractivity contribution in [3.8, 4) is 0 Å². The summed E-state index contributed by atoms with van der Waals surface area (Å²) in [4.78, 5) is 0. The molecule has 0 heterocycles. The number of aryl methyl sites for hydroxylation is 1. The third kappa shape index (κ3) is 1.97. The number of rotatable bonds is 2. The lowest BCUT2D eigenvalue weighted by molar-refractivity contribution is 0.599. The van der Waals surface area contributed by atoms with Crippen molar-refractivity contribution in [2.75, 3.05) is 0 Å². The Hall–Kier alpha value is -0.570. The molecule has 1 unspecified atom stereocenters. The maximum absolute atomic E-state index is 5.81. The van der Waals surface area contributed by atoms with Gasteiger partial charge in [-0.3, -0.25) is 11.3 Å². The number of benzene rings is 1. The van der Waals surface area contributed by atoms with E-state index < -0.39 is 0 Å². The summed E-state index contributed by atoms with van der Waals surface area (Å²) < 4.78 is 0. The van der Waals surface area contributed by atoms with Gasteiger partial charge in [0.2, 0.25) is 0 Å². The van der Waals surface area contributed by atoms with Crippen molar-refractivity contribution in [3.63, 3.8) is 0 Å². The number of hydrogen-bond acceptors (Lipinski definition) is 2. The van der Waals surface area contributed by atoms with Crippen LogP contribution in [0.15, 0.2) is 18.2 Å². The van der Waals surface area contributed by atoms with Crippen molar-refractivity contribution in [2.45, 2.75) is 19.9 Å². The zero-order valence-corrected chi connectivity index (χ0v) is 8.02. The highest BCUT2D eigenvalue weighted by Gasteiger charge is 2.05. The van der Waals surface area contributed by atoms with Gasteiger partial charge in [-0.1, -0.05) is 17.7 Å². The summed E-state index contributed by atoms with van der Waals surface area (Å²) in [6.07, 6.45) is 0. The number of nitrogens with two attached hydrogens (primary N) is 1. The lowest BCUT2D eigenvalue weighted by atomic mass is 10.0. The number of hydrazine groups is 1. The molecule has 2 nitrogen and oxygen atoms in total. The lowest BCUT2D eigenvalue weighted by Crippen LogP contribution is -2.26. The molecule has 1 aromatic carbocycles. The highest BCUT2D eigenvalue weighted by atomic mass is 35.5. The predicted molar refractivity (Wildman–Crippen MR) is 51.9 cm³/mol. The molecule has 0 bridgehead atoms. The van der Waals surface area contributed by atoms with Gasteiger partial charge in [0.05, 0.1) is 0 Å². The molecule has 0 aliphatic carbocycles. The molecule has 3 N–H and O–H groups in total. The Morgan fingerprint density at radius 1 is 1.50 bits per heavy atom. The first kappa shape index (κ1) is 9.52. The molecule has 1 rings (SSSR count). The Morgan fingerprint density at radius 2 is 2.17 bits per heavy atom. The predicted octanol–water partition coefficient (Wildman–Crippen LogP) is 2.17. The van der Waals surface area contributed by atoms with E-state index in [1.807, 2.05) is 32.0 Å². The molecule has 3 heteroatoms. The molecular weight excluding hydrogens is 172 g/mol. The van der Waals surface area contributed by atoms with Crippen LogP contribution in [0.5, 0.6) is 0 Å². The first-order valence-electron chi connectivity index (χ1n) is 3.87. The van der Waals surface area contributed by atoms with E-state index in [-0.39, 0.29) is 6.04 Å². The van der Waals surface area contributed by atoms with E-state index in [0.717, 1.165) is 10.6 Å². The Kier molecular flexibility index (Phi) is 3.09. The number of halogens is 1. The van der Waals surface area contributed by atoms with Gasteiger partial charge in [0.1, 0.15) is 0 Å². The second kappa shape index (κ2) is 3.90. The third-order valence-electron chi connectivity index (χ3n) is 1.95. The van der Waals surface area contributed by atoms with Crippen LogP contribution in [0.25, 0.3) is 0 Å². The normalized spacial score (nSPS) is 13.0. The average Bonchev–Trinajstić information content (AvgIpc) is 2.03. The lowest BCUT2D eigenvalue weighted by Gasteiger charge is -2.13. The largest absolute Gasteiger partial charge is 0.271 e. The molecule has 66 valence electrons. The molecule has 12 heavy (non-hydrogen) atoms. The van der Waals surface area contributed by atoms with Crippen LogP contribution < -0.4 is 11.3 Å². The molecule has 0 amide bonds. The van der Waals surface area contributed by atoms with E-state index >= 15 is 0 Å². The minimum absolute atomic E-state index is 0.169. The van der Waals surface area contributed by atoms with E-state index in [1.165, 1.54) is 5.56 Å². The molecule has 1 aromatic rings. The third-order valence-corrected chi connectivity index (χ3v) is 2.18. The van der Waals surface area contributed by atoms with Gasteiger partial charge in [-0.15, -0.1) is 0 Å². The highest BCUT2D eigenvalue weighted by Crippen LogP contribution is 2.20. The molecule has 0 aliphatic heterocycles. The molecule has 0 fully saturated rings. The van der Waals surface area contributed by atoms with Gasteiger partial charge in [0.25, 0.3) is 0 Å². The van der Waals surface area contributed by atoms with Crippen LogP contribution >= 0.6 is 11.6 Å². The van der Waals surface area contributed by atoms with Crippen LogP contribution in [0.3, 0.4) is 0 Å². The highest BCUT2D eigenvalue weighted by molar-refractivity contribution is 6.30. The maximum atomic E-state index is 5.81. The molecule has 0 saturated carbocycles. The fourth-order valence-corrected chi connectivity index (χ4v) is 1.44. The Morgan fingerprint density at radius 3 is 2.67 bits per heavy atom. The summed E-state index contributed by atoms with van der Waals surface area (Å²) in [7, 11) is 0. The van der Waals surface area contributed by atoms with Gasteiger partial charge in [-0.25, -0.2) is 0 Å². The summed E-state index contributed by atoms with van der Waals surface area (Å²) in [6, 6.07) is 5.97. The van der Waals surface area contributed by atoms with Gasteiger partial charge in [-0.05, 0) is 37.1 Å². The summed E-state index contributed by atoms with van der Waals surface area (Å²) in [5.41, 5.74) is 5.04. The Balaban J connectivity index is 3.01. The summed E-state index contributed by atoms with van der Waals surface area (Å²) in [5.74, 6) is 5.33. The molecule has 0 aliphatic rings. The first-order chi connectivity index (χ1) is 5.65. The van der Waals surface area contributed by atoms with Crippen molar-refractivity contribution in [2.24, 2.45) is 5.84 Å². The van der Waals surface area contributed by atoms with Crippen molar-refractivity contribution in [1.82, 2.24) is 5.43 Å². The van der Waals surface area contributed by atoms with Gasteiger partial charge in [0.15, 0.2) is 0 Å². The van der Waals surface area contributed by atoms with Crippen LogP contribution in [0.4, 0.5) is 0 Å². The van der Waals surface area contributed by atoms with Gasteiger partial charge in [-0.2, -0.15) is 0 Å². The minimum atomic E-state index is 0.169. The zero-order valence-electron chi connectivity index (χ0n) is 7.26. The standard InChI is InChI=1S/C9H13ClN2/c1-6-5-8(10)3-4-9(6)7(2)12-11/h3-5,7,12H,11H2,1-2H3.